The van der Waals surface area contributed by atoms with Crippen molar-refractivity contribution in [2.75, 3.05) is 6.54 Å². The van der Waals surface area contributed by atoms with Gasteiger partial charge in [-0.3, -0.25) is 4.99 Å². The van der Waals surface area contributed by atoms with Crippen LogP contribution in [0.4, 0.5) is 0 Å². The third kappa shape index (κ3) is 2.54. The molecule has 86 valence electrons. The van der Waals surface area contributed by atoms with Crippen LogP contribution in [0.1, 0.15) is 23.6 Å². The average molecular weight is 217 g/mol. The minimum Gasteiger partial charge on any atom is -0.352 e. The molecule has 0 spiro atoms. The molecule has 2 N–H and O–H groups in total. The van der Waals surface area contributed by atoms with E-state index < -0.39 is 0 Å². The maximum atomic E-state index is 4.37. The molecule has 3 nitrogen and oxygen atoms in total. The van der Waals surface area contributed by atoms with Gasteiger partial charge >= 0.3 is 0 Å². The second-order valence-corrected chi connectivity index (χ2v) is 4.52. The van der Waals surface area contributed by atoms with Crippen LogP contribution in [0.3, 0.4) is 0 Å². The lowest BCUT2D eigenvalue weighted by molar-refractivity contribution is 0.713. The van der Waals surface area contributed by atoms with Gasteiger partial charge in [-0.15, -0.1) is 0 Å². The predicted octanol–water partition coefficient (Wildman–Crippen LogP) is 1.74. The van der Waals surface area contributed by atoms with E-state index >= 15 is 0 Å². The zero-order valence-electron chi connectivity index (χ0n) is 10.2. The van der Waals surface area contributed by atoms with Gasteiger partial charge in [-0.2, -0.15) is 0 Å². The number of rotatable bonds is 2. The summed E-state index contributed by atoms with van der Waals surface area (Å²) in [4.78, 5) is 4.37. The molecule has 16 heavy (non-hydrogen) atoms. The maximum absolute atomic E-state index is 4.37. The van der Waals surface area contributed by atoms with Crippen molar-refractivity contribution in [3.63, 3.8) is 0 Å². The number of hydrogen-bond donors (Lipinski definition) is 2. The summed E-state index contributed by atoms with van der Waals surface area (Å²) >= 11 is 0. The molecule has 0 saturated carbocycles. The molecule has 0 bridgehead atoms. The number of benzene rings is 1. The highest BCUT2D eigenvalue weighted by Gasteiger charge is 2.11. The average Bonchev–Trinajstić information content (AvgIpc) is 2.63. The summed E-state index contributed by atoms with van der Waals surface area (Å²) < 4.78 is 0. The smallest absolute Gasteiger partial charge is 0.191 e. The maximum Gasteiger partial charge on any atom is 0.191 e. The number of guanidine groups is 1. The molecule has 3 heteroatoms. The van der Waals surface area contributed by atoms with Gasteiger partial charge in [0.25, 0.3) is 0 Å². The zero-order chi connectivity index (χ0) is 11.5. The summed E-state index contributed by atoms with van der Waals surface area (Å²) in [7, 11) is 0. The third-order valence-corrected chi connectivity index (χ3v) is 2.85. The van der Waals surface area contributed by atoms with Crippen LogP contribution in [-0.2, 0) is 6.54 Å². The van der Waals surface area contributed by atoms with E-state index in [-0.39, 0.29) is 0 Å². The molecule has 1 aromatic carbocycles. The van der Waals surface area contributed by atoms with E-state index in [1.165, 1.54) is 16.7 Å². The van der Waals surface area contributed by atoms with Gasteiger partial charge in [0.1, 0.15) is 0 Å². The van der Waals surface area contributed by atoms with Crippen LogP contribution in [0, 0.1) is 13.8 Å². The summed E-state index contributed by atoms with van der Waals surface area (Å²) in [6.07, 6.45) is 0. The number of hydrogen-bond acceptors (Lipinski definition) is 3. The molecule has 0 aromatic heterocycles. The molecule has 0 amide bonds. The largest absolute Gasteiger partial charge is 0.352 e. The van der Waals surface area contributed by atoms with E-state index in [0.29, 0.717) is 6.04 Å². The normalized spacial score (nSPS) is 19.2. The SMILES string of the molecule is Cc1ccc(CNC2=NCC(C)N2)c(C)c1. The van der Waals surface area contributed by atoms with E-state index in [9.17, 15) is 0 Å². The minimum atomic E-state index is 0.460. The fourth-order valence-corrected chi connectivity index (χ4v) is 1.88. The van der Waals surface area contributed by atoms with Crippen molar-refractivity contribution in [1.82, 2.24) is 10.6 Å². The summed E-state index contributed by atoms with van der Waals surface area (Å²) in [5.41, 5.74) is 3.97. The number of nitrogens with one attached hydrogen (secondary N) is 2. The Morgan fingerprint density at radius 3 is 2.88 bits per heavy atom. The summed E-state index contributed by atoms with van der Waals surface area (Å²) in [6, 6.07) is 7.00. The van der Waals surface area contributed by atoms with Crippen molar-refractivity contribution in [3.8, 4) is 0 Å². The quantitative estimate of drug-likeness (QED) is 0.791. The molecule has 1 aliphatic rings. The zero-order valence-corrected chi connectivity index (χ0v) is 10.2. The van der Waals surface area contributed by atoms with Crippen LogP contribution in [0.5, 0.6) is 0 Å². The molecule has 1 aliphatic heterocycles. The molecule has 0 saturated heterocycles. The van der Waals surface area contributed by atoms with Crippen molar-refractivity contribution >= 4 is 5.96 Å². The second kappa shape index (κ2) is 4.56. The Morgan fingerprint density at radius 1 is 1.44 bits per heavy atom. The van der Waals surface area contributed by atoms with Gasteiger partial charge < -0.3 is 10.6 Å². The fraction of sp³-hybridized carbons (Fsp3) is 0.462. The first-order valence-electron chi connectivity index (χ1n) is 5.76. The van der Waals surface area contributed by atoms with E-state index in [1.54, 1.807) is 0 Å². The molecule has 1 aromatic rings. The van der Waals surface area contributed by atoms with Crippen molar-refractivity contribution in [3.05, 3.63) is 34.9 Å². The Labute approximate surface area is 97.0 Å². The van der Waals surface area contributed by atoms with Crippen molar-refractivity contribution in [2.24, 2.45) is 4.99 Å². The van der Waals surface area contributed by atoms with E-state index in [0.717, 1.165) is 19.0 Å². The van der Waals surface area contributed by atoms with Gasteiger partial charge in [-0.05, 0) is 31.9 Å². The van der Waals surface area contributed by atoms with Crippen molar-refractivity contribution in [1.29, 1.82) is 0 Å². The lowest BCUT2D eigenvalue weighted by Gasteiger charge is -2.11. The van der Waals surface area contributed by atoms with E-state index in [2.05, 4.69) is 54.6 Å². The monoisotopic (exact) mass is 217 g/mol. The van der Waals surface area contributed by atoms with Crippen LogP contribution in [0.25, 0.3) is 0 Å². The molecule has 0 fully saturated rings. The molecular weight excluding hydrogens is 198 g/mol. The topological polar surface area (TPSA) is 36.4 Å². The Bertz CT molecular complexity index is 410. The molecule has 1 unspecified atom stereocenters. The standard InChI is InChI=1S/C13H19N3/c1-9-4-5-12(10(2)6-9)8-15-13-14-7-11(3)16-13/h4-6,11H,7-8H2,1-3H3,(H2,14,15,16). The molecular formula is C13H19N3. The van der Waals surface area contributed by atoms with Gasteiger partial charge in [-0.25, -0.2) is 0 Å². The van der Waals surface area contributed by atoms with E-state index in [1.807, 2.05) is 0 Å². The predicted molar refractivity (Wildman–Crippen MR) is 67.7 cm³/mol. The molecule has 1 atom stereocenters. The fourth-order valence-electron chi connectivity index (χ4n) is 1.88. The first-order chi connectivity index (χ1) is 7.65. The van der Waals surface area contributed by atoms with Crippen LogP contribution in [-0.4, -0.2) is 18.5 Å². The molecule has 0 aliphatic carbocycles. The Hall–Kier alpha value is -1.51. The first-order valence-corrected chi connectivity index (χ1v) is 5.76. The van der Waals surface area contributed by atoms with Crippen LogP contribution >= 0.6 is 0 Å². The summed E-state index contributed by atoms with van der Waals surface area (Å²) in [5.74, 6) is 0.924. The highest BCUT2D eigenvalue weighted by molar-refractivity contribution is 5.81. The number of nitrogens with zero attached hydrogens (tertiary/aromatic N) is 1. The van der Waals surface area contributed by atoms with Gasteiger partial charge in [-0.1, -0.05) is 23.8 Å². The summed E-state index contributed by atoms with van der Waals surface area (Å²) in [5, 5.41) is 6.62. The van der Waals surface area contributed by atoms with Crippen LogP contribution in [0.2, 0.25) is 0 Å². The van der Waals surface area contributed by atoms with Crippen LogP contribution < -0.4 is 10.6 Å². The van der Waals surface area contributed by atoms with Gasteiger partial charge in [0.15, 0.2) is 5.96 Å². The van der Waals surface area contributed by atoms with Crippen molar-refractivity contribution in [2.45, 2.75) is 33.4 Å². The lowest BCUT2D eigenvalue weighted by Crippen LogP contribution is -2.37. The second-order valence-electron chi connectivity index (χ2n) is 4.52. The lowest BCUT2D eigenvalue weighted by atomic mass is 10.1. The van der Waals surface area contributed by atoms with Crippen LogP contribution in [0.15, 0.2) is 23.2 Å². The van der Waals surface area contributed by atoms with Gasteiger partial charge in [0, 0.05) is 12.6 Å². The number of aliphatic imine (C=N–C) groups is 1. The van der Waals surface area contributed by atoms with Gasteiger partial charge in [0.2, 0.25) is 0 Å². The van der Waals surface area contributed by atoms with E-state index in [4.69, 9.17) is 0 Å². The summed E-state index contributed by atoms with van der Waals surface area (Å²) in [6.45, 7) is 8.11. The molecule has 1 heterocycles. The highest BCUT2D eigenvalue weighted by Crippen LogP contribution is 2.10. The molecule has 2 rings (SSSR count). The Kier molecular flexibility index (Phi) is 3.13. The third-order valence-electron chi connectivity index (χ3n) is 2.85. The number of aryl methyl sites for hydroxylation is 2. The Balaban J connectivity index is 1.95. The Morgan fingerprint density at radius 2 is 2.25 bits per heavy atom. The van der Waals surface area contributed by atoms with Crippen molar-refractivity contribution < 1.29 is 0 Å². The first kappa shape index (κ1) is 11.0. The highest BCUT2D eigenvalue weighted by atomic mass is 15.2. The van der Waals surface area contributed by atoms with Gasteiger partial charge in [0.05, 0.1) is 6.54 Å². The minimum absolute atomic E-state index is 0.460. The molecule has 0 radical (unpaired) electrons.